The first-order valence-corrected chi connectivity index (χ1v) is 6.75. The van der Waals surface area contributed by atoms with Crippen LogP contribution in [0.1, 0.15) is 13.8 Å². The molecule has 0 spiro atoms. The van der Waals surface area contributed by atoms with Gasteiger partial charge in [0.05, 0.1) is 13.2 Å². The summed E-state index contributed by atoms with van der Waals surface area (Å²) in [5, 5.41) is 0.371. The Morgan fingerprint density at radius 1 is 1.19 bits per heavy atom. The Hall–Kier alpha value is -1.12. The second kappa shape index (κ2) is 5.83. The van der Waals surface area contributed by atoms with E-state index < -0.39 is 13.1 Å². The second-order valence-electron chi connectivity index (χ2n) is 3.00. The van der Waals surface area contributed by atoms with E-state index >= 15 is 0 Å². The van der Waals surface area contributed by atoms with Crippen molar-refractivity contribution >= 4 is 18.4 Å². The molecule has 1 atom stereocenters. The SMILES string of the molecule is CCOC(=O)P(=O)(OCC)c1ccccc1. The molecule has 1 unspecified atom stereocenters. The van der Waals surface area contributed by atoms with E-state index in [0.29, 0.717) is 5.30 Å². The molecule has 1 rings (SSSR count). The lowest BCUT2D eigenvalue weighted by Crippen LogP contribution is -2.16. The molecule has 0 amide bonds. The molecule has 0 bridgehead atoms. The lowest BCUT2D eigenvalue weighted by atomic mass is 10.4. The highest BCUT2D eigenvalue weighted by Crippen LogP contribution is 2.47. The fourth-order valence-corrected chi connectivity index (χ4v) is 2.94. The number of hydrogen-bond acceptors (Lipinski definition) is 4. The van der Waals surface area contributed by atoms with Crippen molar-refractivity contribution in [3.63, 3.8) is 0 Å². The summed E-state index contributed by atoms with van der Waals surface area (Å²) >= 11 is 0. The number of carbonyl (C=O) groups is 1. The summed E-state index contributed by atoms with van der Waals surface area (Å²) in [6.45, 7) is 3.74. The van der Waals surface area contributed by atoms with Crippen molar-refractivity contribution in [2.45, 2.75) is 13.8 Å². The predicted octanol–water partition coefficient (Wildman–Crippen LogP) is 2.78. The summed E-state index contributed by atoms with van der Waals surface area (Å²) in [4.78, 5) is 11.6. The van der Waals surface area contributed by atoms with Gasteiger partial charge in [-0.05, 0) is 26.0 Å². The maximum absolute atomic E-state index is 12.4. The van der Waals surface area contributed by atoms with E-state index in [0.717, 1.165) is 0 Å². The molecule has 0 heterocycles. The van der Waals surface area contributed by atoms with Gasteiger partial charge in [-0.15, -0.1) is 0 Å². The molecule has 0 aliphatic carbocycles. The smallest absolute Gasteiger partial charge is 0.396 e. The first kappa shape index (κ1) is 12.9. The first-order chi connectivity index (χ1) is 7.65. The minimum atomic E-state index is -3.54. The first-order valence-electron chi connectivity index (χ1n) is 5.12. The lowest BCUT2D eigenvalue weighted by molar-refractivity contribution is 0.172. The van der Waals surface area contributed by atoms with Gasteiger partial charge >= 0.3 is 13.1 Å². The van der Waals surface area contributed by atoms with Gasteiger partial charge in [0.2, 0.25) is 0 Å². The summed E-state index contributed by atoms with van der Waals surface area (Å²) in [5.41, 5.74) is -0.789. The molecule has 5 heteroatoms. The van der Waals surface area contributed by atoms with E-state index in [4.69, 9.17) is 9.26 Å². The molecule has 1 aromatic carbocycles. The van der Waals surface area contributed by atoms with E-state index in [1.165, 1.54) is 0 Å². The normalized spacial score (nSPS) is 14.1. The van der Waals surface area contributed by atoms with Gasteiger partial charge in [0.15, 0.2) is 0 Å². The van der Waals surface area contributed by atoms with Crippen molar-refractivity contribution in [1.82, 2.24) is 0 Å². The molecule has 0 saturated heterocycles. The topological polar surface area (TPSA) is 52.6 Å². The van der Waals surface area contributed by atoms with Crippen molar-refractivity contribution in [3.8, 4) is 0 Å². The third-order valence-electron chi connectivity index (χ3n) is 1.92. The van der Waals surface area contributed by atoms with Gasteiger partial charge in [-0.2, -0.15) is 0 Å². The number of ether oxygens (including phenoxy) is 1. The minimum absolute atomic E-state index is 0.183. The molecule has 0 fully saturated rings. The average Bonchev–Trinajstić information content (AvgIpc) is 2.30. The van der Waals surface area contributed by atoms with Gasteiger partial charge in [-0.25, -0.2) is 4.79 Å². The van der Waals surface area contributed by atoms with Crippen molar-refractivity contribution in [1.29, 1.82) is 0 Å². The summed E-state index contributed by atoms with van der Waals surface area (Å²) in [5.74, 6) is 0. The van der Waals surface area contributed by atoms with E-state index in [1.54, 1.807) is 44.2 Å². The van der Waals surface area contributed by atoms with E-state index in [9.17, 15) is 9.36 Å². The standard InChI is InChI=1S/C11H15O4P/c1-3-14-11(12)16(13,15-4-2)10-8-6-5-7-9-10/h5-9H,3-4H2,1-2H3. The third-order valence-corrected chi connectivity index (χ3v) is 4.12. The summed E-state index contributed by atoms with van der Waals surface area (Å²) in [7, 11) is -3.54. The molecule has 0 aliphatic heterocycles. The maximum Gasteiger partial charge on any atom is 0.396 e. The Kier molecular flexibility index (Phi) is 4.71. The van der Waals surface area contributed by atoms with E-state index in [2.05, 4.69) is 0 Å². The second-order valence-corrected chi connectivity index (χ2v) is 5.25. The summed E-state index contributed by atoms with van der Waals surface area (Å²) < 4.78 is 22.3. The van der Waals surface area contributed by atoms with Crippen LogP contribution in [0.5, 0.6) is 0 Å². The molecule has 1 aromatic rings. The van der Waals surface area contributed by atoms with Gasteiger partial charge in [0.1, 0.15) is 0 Å². The van der Waals surface area contributed by atoms with Crippen LogP contribution in [0.3, 0.4) is 0 Å². The zero-order valence-corrected chi connectivity index (χ0v) is 10.3. The van der Waals surface area contributed by atoms with Crippen LogP contribution in [0, 0.1) is 0 Å². The van der Waals surface area contributed by atoms with Crippen molar-refractivity contribution in [2.75, 3.05) is 13.2 Å². The highest BCUT2D eigenvalue weighted by Gasteiger charge is 2.36. The van der Waals surface area contributed by atoms with Gasteiger partial charge in [0.25, 0.3) is 0 Å². The van der Waals surface area contributed by atoms with Crippen LogP contribution < -0.4 is 5.30 Å². The van der Waals surface area contributed by atoms with Gasteiger partial charge in [-0.3, -0.25) is 4.57 Å². The zero-order chi connectivity index (χ0) is 12.0. The predicted molar refractivity (Wildman–Crippen MR) is 62.3 cm³/mol. The summed E-state index contributed by atoms with van der Waals surface area (Å²) in [6, 6.07) is 8.41. The lowest BCUT2D eigenvalue weighted by Gasteiger charge is -2.15. The highest BCUT2D eigenvalue weighted by molar-refractivity contribution is 7.82. The van der Waals surface area contributed by atoms with Crippen LogP contribution in [0.2, 0.25) is 0 Å². The Bertz CT molecular complexity index is 388. The fourth-order valence-electron chi connectivity index (χ4n) is 1.25. The Morgan fingerprint density at radius 3 is 2.31 bits per heavy atom. The van der Waals surface area contributed by atoms with Crippen molar-refractivity contribution < 1.29 is 18.6 Å². The maximum atomic E-state index is 12.4. The third kappa shape index (κ3) is 2.71. The molecule has 4 nitrogen and oxygen atoms in total. The Balaban J connectivity index is 3.07. The molecular weight excluding hydrogens is 227 g/mol. The van der Waals surface area contributed by atoms with Crippen LogP contribution in [0.15, 0.2) is 30.3 Å². The van der Waals surface area contributed by atoms with E-state index in [1.807, 2.05) is 0 Å². The number of carbonyl (C=O) groups excluding carboxylic acids is 1. The van der Waals surface area contributed by atoms with Gasteiger partial charge < -0.3 is 9.26 Å². The monoisotopic (exact) mass is 242 g/mol. The highest BCUT2D eigenvalue weighted by atomic mass is 31.2. The van der Waals surface area contributed by atoms with Crippen LogP contribution in [-0.4, -0.2) is 18.9 Å². The van der Waals surface area contributed by atoms with Crippen LogP contribution in [0.4, 0.5) is 4.79 Å². The Labute approximate surface area is 95.0 Å². The summed E-state index contributed by atoms with van der Waals surface area (Å²) in [6.07, 6.45) is 0. The molecule has 16 heavy (non-hydrogen) atoms. The van der Waals surface area contributed by atoms with Crippen molar-refractivity contribution in [2.24, 2.45) is 0 Å². The molecule has 0 radical (unpaired) electrons. The molecule has 0 aliphatic rings. The number of hydrogen-bond donors (Lipinski definition) is 0. The van der Waals surface area contributed by atoms with Crippen LogP contribution in [0.25, 0.3) is 0 Å². The van der Waals surface area contributed by atoms with Gasteiger partial charge in [-0.1, -0.05) is 18.2 Å². The molecule has 0 saturated carbocycles. The fraction of sp³-hybridized carbons (Fsp3) is 0.364. The molecular formula is C11H15O4P. The largest absolute Gasteiger partial charge is 0.459 e. The molecule has 88 valence electrons. The van der Waals surface area contributed by atoms with Crippen LogP contribution in [-0.2, 0) is 13.8 Å². The minimum Gasteiger partial charge on any atom is -0.459 e. The molecule has 0 aromatic heterocycles. The number of rotatable bonds is 5. The van der Waals surface area contributed by atoms with Crippen molar-refractivity contribution in [3.05, 3.63) is 30.3 Å². The zero-order valence-electron chi connectivity index (χ0n) is 9.38. The van der Waals surface area contributed by atoms with Crippen LogP contribution >= 0.6 is 7.37 Å². The quantitative estimate of drug-likeness (QED) is 0.745. The Morgan fingerprint density at radius 2 is 1.81 bits per heavy atom. The molecule has 0 N–H and O–H groups in total. The average molecular weight is 242 g/mol. The number of benzene rings is 1. The van der Waals surface area contributed by atoms with E-state index in [-0.39, 0.29) is 13.2 Å². The van der Waals surface area contributed by atoms with Gasteiger partial charge in [0, 0.05) is 5.30 Å².